The average molecular weight is 310 g/mol. The molecule has 3 heteroatoms. The fraction of sp³-hybridized carbons (Fsp3) is 0.533. The summed E-state index contributed by atoms with van der Waals surface area (Å²) in [5, 5.41) is 0. The lowest BCUT2D eigenvalue weighted by Crippen LogP contribution is -2.41. The Balaban J connectivity index is 2.15. The standard InChI is InChI=1S/C15H20BrNO/c1-11-4-5-12(16)10-13(11)14(18)17-8-6-15(2,3)7-9-17/h4-5,10H,6-9H2,1-3H3. The molecule has 1 amide bonds. The molecule has 2 nitrogen and oxygen atoms in total. The number of likely N-dealkylation sites (tertiary alicyclic amines) is 1. The summed E-state index contributed by atoms with van der Waals surface area (Å²) in [6.45, 7) is 8.29. The van der Waals surface area contributed by atoms with Crippen molar-refractivity contribution in [1.82, 2.24) is 4.90 Å². The maximum atomic E-state index is 12.5. The van der Waals surface area contributed by atoms with Crippen LogP contribution in [0.2, 0.25) is 0 Å². The van der Waals surface area contributed by atoms with Gasteiger partial charge >= 0.3 is 0 Å². The van der Waals surface area contributed by atoms with E-state index in [1.807, 2.05) is 30.0 Å². The van der Waals surface area contributed by atoms with Gasteiger partial charge in [-0.1, -0.05) is 35.8 Å². The predicted molar refractivity (Wildman–Crippen MR) is 77.8 cm³/mol. The number of carbonyl (C=O) groups is 1. The van der Waals surface area contributed by atoms with Gasteiger partial charge in [-0.15, -0.1) is 0 Å². The molecule has 98 valence electrons. The maximum Gasteiger partial charge on any atom is 0.254 e. The summed E-state index contributed by atoms with van der Waals surface area (Å²) in [5.74, 6) is 0.171. The number of hydrogen-bond donors (Lipinski definition) is 0. The zero-order valence-electron chi connectivity index (χ0n) is 11.3. The van der Waals surface area contributed by atoms with Crippen molar-refractivity contribution in [2.75, 3.05) is 13.1 Å². The maximum absolute atomic E-state index is 12.5. The van der Waals surface area contributed by atoms with Crippen molar-refractivity contribution < 1.29 is 4.79 Å². The van der Waals surface area contributed by atoms with Crippen molar-refractivity contribution in [2.45, 2.75) is 33.6 Å². The summed E-state index contributed by atoms with van der Waals surface area (Å²) >= 11 is 3.44. The molecule has 1 heterocycles. The van der Waals surface area contributed by atoms with Crippen molar-refractivity contribution in [3.05, 3.63) is 33.8 Å². The fourth-order valence-corrected chi connectivity index (χ4v) is 2.67. The Bertz CT molecular complexity index is 458. The Kier molecular flexibility index (Phi) is 3.81. The van der Waals surface area contributed by atoms with Gasteiger partial charge in [-0.3, -0.25) is 4.79 Å². The van der Waals surface area contributed by atoms with E-state index in [-0.39, 0.29) is 5.91 Å². The summed E-state index contributed by atoms with van der Waals surface area (Å²) in [4.78, 5) is 14.5. The highest BCUT2D eigenvalue weighted by Gasteiger charge is 2.28. The Morgan fingerprint density at radius 1 is 1.28 bits per heavy atom. The van der Waals surface area contributed by atoms with Gasteiger partial charge in [-0.25, -0.2) is 0 Å². The molecule has 0 bridgehead atoms. The molecule has 0 radical (unpaired) electrons. The molecule has 0 aliphatic carbocycles. The van der Waals surface area contributed by atoms with Crippen molar-refractivity contribution >= 4 is 21.8 Å². The third kappa shape index (κ3) is 2.94. The lowest BCUT2D eigenvalue weighted by atomic mass is 9.82. The van der Waals surface area contributed by atoms with Crippen LogP contribution in [0.1, 0.15) is 42.6 Å². The van der Waals surface area contributed by atoms with Crippen LogP contribution in [0, 0.1) is 12.3 Å². The third-order valence-electron chi connectivity index (χ3n) is 3.83. The lowest BCUT2D eigenvalue weighted by molar-refractivity contribution is 0.0629. The molecule has 1 aromatic carbocycles. The molecule has 0 atom stereocenters. The molecule has 1 aromatic rings. The summed E-state index contributed by atoms with van der Waals surface area (Å²) in [7, 11) is 0. The fourth-order valence-electron chi connectivity index (χ4n) is 2.31. The van der Waals surface area contributed by atoms with Gasteiger partial charge in [0.25, 0.3) is 5.91 Å². The minimum absolute atomic E-state index is 0.171. The van der Waals surface area contributed by atoms with Gasteiger partial charge in [0.15, 0.2) is 0 Å². The largest absolute Gasteiger partial charge is 0.339 e. The first kappa shape index (κ1) is 13.6. The third-order valence-corrected chi connectivity index (χ3v) is 4.33. The molecular weight excluding hydrogens is 290 g/mol. The minimum atomic E-state index is 0.171. The highest BCUT2D eigenvalue weighted by molar-refractivity contribution is 9.10. The molecule has 1 aliphatic rings. The van der Waals surface area contributed by atoms with Gasteiger partial charge in [0.05, 0.1) is 0 Å². The van der Waals surface area contributed by atoms with Gasteiger partial charge in [-0.2, -0.15) is 0 Å². The monoisotopic (exact) mass is 309 g/mol. The van der Waals surface area contributed by atoms with Gasteiger partial charge in [0.2, 0.25) is 0 Å². The van der Waals surface area contributed by atoms with Crippen molar-refractivity contribution in [1.29, 1.82) is 0 Å². The van der Waals surface area contributed by atoms with E-state index in [9.17, 15) is 4.79 Å². The van der Waals surface area contributed by atoms with Crippen LogP contribution < -0.4 is 0 Å². The van der Waals surface area contributed by atoms with Crippen LogP contribution >= 0.6 is 15.9 Å². The lowest BCUT2D eigenvalue weighted by Gasteiger charge is -2.37. The second-order valence-corrected chi connectivity index (χ2v) is 6.83. The second-order valence-electron chi connectivity index (χ2n) is 5.92. The number of nitrogens with zero attached hydrogens (tertiary/aromatic N) is 1. The van der Waals surface area contributed by atoms with Gasteiger partial charge in [0.1, 0.15) is 0 Å². The first-order valence-corrected chi connectivity index (χ1v) is 7.24. The predicted octanol–water partition coefficient (Wildman–Crippen LogP) is 4.02. The minimum Gasteiger partial charge on any atom is -0.339 e. The van der Waals surface area contributed by atoms with Crippen LogP contribution in [-0.2, 0) is 0 Å². The number of rotatable bonds is 1. The number of hydrogen-bond acceptors (Lipinski definition) is 1. The number of halogens is 1. The van der Waals surface area contributed by atoms with Crippen LogP contribution in [0.15, 0.2) is 22.7 Å². The Hall–Kier alpha value is -0.830. The smallest absolute Gasteiger partial charge is 0.254 e. The molecular formula is C15H20BrNO. The number of amides is 1. The average Bonchev–Trinajstić information content (AvgIpc) is 2.31. The van der Waals surface area contributed by atoms with Crippen molar-refractivity contribution in [3.63, 3.8) is 0 Å². The van der Waals surface area contributed by atoms with Crippen LogP contribution in [-0.4, -0.2) is 23.9 Å². The first-order chi connectivity index (χ1) is 8.39. The van der Waals surface area contributed by atoms with Gasteiger partial charge in [-0.05, 0) is 42.9 Å². The van der Waals surface area contributed by atoms with Gasteiger partial charge < -0.3 is 4.90 Å². The van der Waals surface area contributed by atoms with E-state index in [0.29, 0.717) is 5.41 Å². The van der Waals surface area contributed by atoms with Crippen LogP contribution in [0.3, 0.4) is 0 Å². The number of benzene rings is 1. The summed E-state index contributed by atoms with van der Waals surface area (Å²) in [5.41, 5.74) is 2.25. The highest BCUT2D eigenvalue weighted by atomic mass is 79.9. The van der Waals surface area contributed by atoms with E-state index < -0.39 is 0 Å². The van der Waals surface area contributed by atoms with Crippen LogP contribution in [0.5, 0.6) is 0 Å². The molecule has 0 unspecified atom stereocenters. The number of carbonyl (C=O) groups excluding carboxylic acids is 1. The Labute approximate surface area is 117 Å². The number of piperidine rings is 1. The van der Waals surface area contributed by atoms with Crippen molar-refractivity contribution in [3.8, 4) is 0 Å². The molecule has 0 spiro atoms. The van der Waals surface area contributed by atoms with Gasteiger partial charge in [0, 0.05) is 23.1 Å². The van der Waals surface area contributed by atoms with E-state index in [4.69, 9.17) is 0 Å². The van der Waals surface area contributed by atoms with Crippen LogP contribution in [0.4, 0.5) is 0 Å². The molecule has 0 N–H and O–H groups in total. The molecule has 18 heavy (non-hydrogen) atoms. The molecule has 0 aromatic heterocycles. The zero-order valence-corrected chi connectivity index (χ0v) is 12.9. The highest BCUT2D eigenvalue weighted by Crippen LogP contribution is 2.30. The van der Waals surface area contributed by atoms with E-state index in [1.165, 1.54) is 0 Å². The SMILES string of the molecule is Cc1ccc(Br)cc1C(=O)N1CCC(C)(C)CC1. The first-order valence-electron chi connectivity index (χ1n) is 6.44. The topological polar surface area (TPSA) is 20.3 Å². The molecule has 1 aliphatic heterocycles. The quantitative estimate of drug-likeness (QED) is 0.767. The molecule has 2 rings (SSSR count). The molecule has 1 saturated heterocycles. The Morgan fingerprint density at radius 3 is 2.50 bits per heavy atom. The second kappa shape index (κ2) is 5.04. The Morgan fingerprint density at radius 2 is 1.89 bits per heavy atom. The normalized spacial score (nSPS) is 18.8. The summed E-state index contributed by atoms with van der Waals surface area (Å²) in [6.07, 6.45) is 2.18. The molecule has 1 fully saturated rings. The van der Waals surface area contributed by atoms with E-state index in [2.05, 4.69) is 29.8 Å². The zero-order chi connectivity index (χ0) is 13.3. The van der Waals surface area contributed by atoms with Crippen LogP contribution in [0.25, 0.3) is 0 Å². The van der Waals surface area contributed by atoms with Crippen molar-refractivity contribution in [2.24, 2.45) is 5.41 Å². The van der Waals surface area contributed by atoms with E-state index >= 15 is 0 Å². The summed E-state index contributed by atoms with van der Waals surface area (Å²) in [6, 6.07) is 5.90. The summed E-state index contributed by atoms with van der Waals surface area (Å²) < 4.78 is 0.966. The number of aryl methyl sites for hydroxylation is 1. The molecule has 0 saturated carbocycles. The van der Waals surface area contributed by atoms with E-state index in [1.54, 1.807) is 0 Å². The van der Waals surface area contributed by atoms with E-state index in [0.717, 1.165) is 41.5 Å².